The first-order valence-electron chi connectivity index (χ1n) is 6.76. The van der Waals surface area contributed by atoms with Gasteiger partial charge in [0.15, 0.2) is 0 Å². The highest BCUT2D eigenvalue weighted by Crippen LogP contribution is 2.22. The molecule has 2 N–H and O–H groups in total. The van der Waals surface area contributed by atoms with Crippen molar-refractivity contribution in [2.45, 2.75) is 26.3 Å². The lowest BCUT2D eigenvalue weighted by Gasteiger charge is -2.32. The minimum Gasteiger partial charge on any atom is -0.399 e. The van der Waals surface area contributed by atoms with Gasteiger partial charge in [-0.3, -0.25) is 4.90 Å². The van der Waals surface area contributed by atoms with Crippen molar-refractivity contribution in [1.29, 1.82) is 0 Å². The van der Waals surface area contributed by atoms with Crippen LogP contribution in [0.5, 0.6) is 0 Å². The highest BCUT2D eigenvalue weighted by molar-refractivity contribution is 5.49. The van der Waals surface area contributed by atoms with E-state index >= 15 is 0 Å². The number of methoxy groups -OCH3 is 1. The number of nitrogen functional groups attached to an aromatic ring is 1. The number of likely N-dealkylation sites (tertiary alicyclic amines) is 1. The lowest BCUT2D eigenvalue weighted by atomic mass is 9.97. The minimum absolute atomic E-state index is 0.685. The Morgan fingerprint density at radius 3 is 3.06 bits per heavy atom. The fraction of sp³-hybridized carbons (Fsp3) is 0.600. The number of hydrogen-bond donors (Lipinski definition) is 1. The molecule has 3 nitrogen and oxygen atoms in total. The van der Waals surface area contributed by atoms with Gasteiger partial charge in [0.1, 0.15) is 0 Å². The van der Waals surface area contributed by atoms with Gasteiger partial charge in [-0.1, -0.05) is 12.1 Å². The second kappa shape index (κ2) is 6.21. The van der Waals surface area contributed by atoms with Crippen molar-refractivity contribution < 1.29 is 4.74 Å². The molecule has 3 heteroatoms. The second-order valence-electron chi connectivity index (χ2n) is 5.33. The molecule has 0 radical (unpaired) electrons. The summed E-state index contributed by atoms with van der Waals surface area (Å²) in [5.41, 5.74) is 9.45. The third-order valence-corrected chi connectivity index (χ3v) is 3.89. The average molecular weight is 248 g/mol. The van der Waals surface area contributed by atoms with Crippen LogP contribution >= 0.6 is 0 Å². The molecule has 1 aliphatic rings. The van der Waals surface area contributed by atoms with Gasteiger partial charge in [0, 0.05) is 25.9 Å². The van der Waals surface area contributed by atoms with Crippen LogP contribution in [0.2, 0.25) is 0 Å². The molecule has 0 spiro atoms. The average Bonchev–Trinajstić information content (AvgIpc) is 2.36. The second-order valence-corrected chi connectivity index (χ2v) is 5.33. The van der Waals surface area contributed by atoms with Gasteiger partial charge < -0.3 is 10.5 Å². The zero-order valence-corrected chi connectivity index (χ0v) is 11.5. The maximum atomic E-state index is 5.96. The van der Waals surface area contributed by atoms with Gasteiger partial charge in [0.2, 0.25) is 0 Å². The fourth-order valence-corrected chi connectivity index (χ4v) is 2.78. The van der Waals surface area contributed by atoms with Crippen molar-refractivity contribution in [2.24, 2.45) is 5.92 Å². The first-order chi connectivity index (χ1) is 8.70. The van der Waals surface area contributed by atoms with E-state index < -0.39 is 0 Å². The van der Waals surface area contributed by atoms with E-state index in [0.29, 0.717) is 5.92 Å². The van der Waals surface area contributed by atoms with E-state index in [1.165, 1.54) is 30.5 Å². The molecule has 1 unspecified atom stereocenters. The molecule has 1 aliphatic heterocycles. The zero-order chi connectivity index (χ0) is 13.0. The standard InChI is InChI=1S/C15H24N2O/c1-12-14(6-3-7-15(12)16)10-17-8-4-5-13(9-17)11-18-2/h3,6-7,13H,4-5,8-11,16H2,1-2H3. The van der Waals surface area contributed by atoms with E-state index in [1.807, 2.05) is 12.1 Å². The predicted molar refractivity (Wildman–Crippen MR) is 75.5 cm³/mol. The topological polar surface area (TPSA) is 38.5 Å². The summed E-state index contributed by atoms with van der Waals surface area (Å²) in [6, 6.07) is 6.21. The fourth-order valence-electron chi connectivity index (χ4n) is 2.78. The quantitative estimate of drug-likeness (QED) is 0.832. The molecule has 0 saturated carbocycles. The van der Waals surface area contributed by atoms with E-state index in [4.69, 9.17) is 10.5 Å². The van der Waals surface area contributed by atoms with Crippen LogP contribution in [0.25, 0.3) is 0 Å². The van der Waals surface area contributed by atoms with Gasteiger partial charge in [0.05, 0.1) is 6.61 Å². The molecule has 0 bridgehead atoms. The molecule has 1 saturated heterocycles. The number of nitrogens with two attached hydrogens (primary N) is 1. The smallest absolute Gasteiger partial charge is 0.0502 e. The minimum atomic E-state index is 0.685. The molecule has 1 atom stereocenters. The van der Waals surface area contributed by atoms with Crippen LogP contribution in [-0.4, -0.2) is 31.7 Å². The highest BCUT2D eigenvalue weighted by atomic mass is 16.5. The van der Waals surface area contributed by atoms with E-state index in [2.05, 4.69) is 17.9 Å². The third-order valence-electron chi connectivity index (χ3n) is 3.89. The summed E-state index contributed by atoms with van der Waals surface area (Å²) >= 11 is 0. The first kappa shape index (κ1) is 13.4. The molecule has 1 fully saturated rings. The molecule has 2 rings (SSSR count). The molecule has 18 heavy (non-hydrogen) atoms. The lowest BCUT2D eigenvalue weighted by Crippen LogP contribution is -2.36. The summed E-state index contributed by atoms with van der Waals surface area (Å²) in [6.07, 6.45) is 2.57. The summed E-state index contributed by atoms with van der Waals surface area (Å²) in [7, 11) is 1.79. The normalized spacial score (nSPS) is 21.1. The van der Waals surface area contributed by atoms with Crippen LogP contribution in [0, 0.1) is 12.8 Å². The molecule has 1 aromatic carbocycles. The summed E-state index contributed by atoms with van der Waals surface area (Å²) < 4.78 is 5.28. The molecule has 0 amide bonds. The van der Waals surface area contributed by atoms with E-state index in [1.54, 1.807) is 7.11 Å². The molecule has 0 aliphatic carbocycles. The predicted octanol–water partition coefficient (Wildman–Crippen LogP) is 2.44. The molecule has 1 aromatic rings. The molecular formula is C15H24N2O. The van der Waals surface area contributed by atoms with Crippen molar-refractivity contribution in [3.8, 4) is 0 Å². The van der Waals surface area contributed by atoms with Gasteiger partial charge >= 0.3 is 0 Å². The van der Waals surface area contributed by atoms with Gasteiger partial charge in [-0.2, -0.15) is 0 Å². The van der Waals surface area contributed by atoms with Crippen LogP contribution in [0.15, 0.2) is 18.2 Å². The largest absolute Gasteiger partial charge is 0.399 e. The monoisotopic (exact) mass is 248 g/mol. The Labute approximate surface area is 110 Å². The number of rotatable bonds is 4. The van der Waals surface area contributed by atoms with Crippen molar-refractivity contribution in [3.05, 3.63) is 29.3 Å². The number of ether oxygens (including phenoxy) is 1. The van der Waals surface area contributed by atoms with Crippen molar-refractivity contribution in [3.63, 3.8) is 0 Å². The summed E-state index contributed by atoms with van der Waals surface area (Å²) in [5.74, 6) is 0.685. The Morgan fingerprint density at radius 1 is 1.44 bits per heavy atom. The molecule has 1 heterocycles. The van der Waals surface area contributed by atoms with Crippen molar-refractivity contribution in [2.75, 3.05) is 32.5 Å². The van der Waals surface area contributed by atoms with Crippen LogP contribution in [0.1, 0.15) is 24.0 Å². The summed E-state index contributed by atoms with van der Waals surface area (Å²) in [4.78, 5) is 2.52. The Morgan fingerprint density at radius 2 is 2.28 bits per heavy atom. The summed E-state index contributed by atoms with van der Waals surface area (Å²) in [6.45, 7) is 6.33. The number of piperidine rings is 1. The molecule has 100 valence electrons. The lowest BCUT2D eigenvalue weighted by molar-refractivity contribution is 0.0873. The van der Waals surface area contributed by atoms with E-state index in [-0.39, 0.29) is 0 Å². The van der Waals surface area contributed by atoms with Crippen LogP contribution < -0.4 is 5.73 Å². The Balaban J connectivity index is 1.98. The zero-order valence-electron chi connectivity index (χ0n) is 11.5. The van der Waals surface area contributed by atoms with Gasteiger partial charge in [-0.15, -0.1) is 0 Å². The van der Waals surface area contributed by atoms with Crippen LogP contribution in [-0.2, 0) is 11.3 Å². The highest BCUT2D eigenvalue weighted by Gasteiger charge is 2.20. The number of nitrogens with zero attached hydrogens (tertiary/aromatic N) is 1. The van der Waals surface area contributed by atoms with E-state index in [9.17, 15) is 0 Å². The maximum absolute atomic E-state index is 5.96. The van der Waals surface area contributed by atoms with Crippen LogP contribution in [0.4, 0.5) is 5.69 Å². The summed E-state index contributed by atoms with van der Waals surface area (Å²) in [5, 5.41) is 0. The van der Waals surface area contributed by atoms with Crippen LogP contribution in [0.3, 0.4) is 0 Å². The number of benzene rings is 1. The number of hydrogen-bond acceptors (Lipinski definition) is 3. The van der Waals surface area contributed by atoms with Gasteiger partial charge in [0.25, 0.3) is 0 Å². The van der Waals surface area contributed by atoms with Crippen molar-refractivity contribution in [1.82, 2.24) is 4.90 Å². The molecular weight excluding hydrogens is 224 g/mol. The van der Waals surface area contributed by atoms with Gasteiger partial charge in [-0.05, 0) is 49.4 Å². The van der Waals surface area contributed by atoms with Gasteiger partial charge in [-0.25, -0.2) is 0 Å². The van der Waals surface area contributed by atoms with E-state index in [0.717, 1.165) is 25.4 Å². The number of anilines is 1. The Kier molecular flexibility index (Phi) is 4.61. The SMILES string of the molecule is COCC1CCCN(Cc2cccc(N)c2C)C1. The third kappa shape index (κ3) is 3.24. The Hall–Kier alpha value is -1.06. The first-order valence-corrected chi connectivity index (χ1v) is 6.76. The maximum Gasteiger partial charge on any atom is 0.0502 e. The molecule has 0 aromatic heterocycles. The van der Waals surface area contributed by atoms with Crippen molar-refractivity contribution >= 4 is 5.69 Å². The Bertz CT molecular complexity index is 390.